The highest BCUT2D eigenvalue weighted by Gasteiger charge is 2.10. The molecule has 0 aliphatic carbocycles. The van der Waals surface area contributed by atoms with Crippen molar-refractivity contribution in [3.63, 3.8) is 0 Å². The van der Waals surface area contributed by atoms with Crippen molar-refractivity contribution in [2.75, 3.05) is 11.6 Å². The van der Waals surface area contributed by atoms with Gasteiger partial charge >= 0.3 is 5.97 Å². The average molecular weight is 372 g/mol. The third kappa shape index (κ3) is 3.52. The van der Waals surface area contributed by atoms with Gasteiger partial charge in [0.1, 0.15) is 17.5 Å². The van der Waals surface area contributed by atoms with E-state index in [1.807, 2.05) is 11.7 Å². The molecule has 4 nitrogen and oxygen atoms in total. The largest absolute Gasteiger partial charge is 0.478 e. The first-order chi connectivity index (χ1) is 12.4. The van der Waals surface area contributed by atoms with Crippen molar-refractivity contribution in [3.05, 3.63) is 64.0 Å². The van der Waals surface area contributed by atoms with Gasteiger partial charge < -0.3 is 10.4 Å². The summed E-state index contributed by atoms with van der Waals surface area (Å²) in [6.45, 7) is 4.06. The van der Waals surface area contributed by atoms with Crippen LogP contribution in [-0.4, -0.2) is 22.3 Å². The van der Waals surface area contributed by atoms with Crippen LogP contribution in [-0.2, 0) is 0 Å². The van der Waals surface area contributed by atoms with Gasteiger partial charge in [0.2, 0.25) is 0 Å². The molecule has 3 rings (SSSR count). The number of pyridine rings is 1. The Labute approximate surface area is 151 Å². The number of hydrogen-bond acceptors (Lipinski definition) is 4. The fourth-order valence-electron chi connectivity index (χ4n) is 2.58. The van der Waals surface area contributed by atoms with E-state index in [2.05, 4.69) is 16.9 Å². The number of carbonyl (C=O) groups is 1. The molecule has 0 saturated heterocycles. The van der Waals surface area contributed by atoms with Crippen molar-refractivity contribution in [3.8, 4) is 0 Å². The predicted octanol–water partition coefficient (Wildman–Crippen LogP) is 3.47. The molecule has 7 heteroatoms. The van der Waals surface area contributed by atoms with Crippen LogP contribution in [0.4, 0.5) is 20.3 Å². The summed E-state index contributed by atoms with van der Waals surface area (Å²) in [6.07, 6.45) is 1.86. The van der Waals surface area contributed by atoms with E-state index < -0.39 is 17.6 Å². The van der Waals surface area contributed by atoms with E-state index in [0.29, 0.717) is 27.2 Å². The van der Waals surface area contributed by atoms with Gasteiger partial charge in [0.25, 0.3) is 0 Å². The van der Waals surface area contributed by atoms with Crippen LogP contribution in [0.5, 0.6) is 0 Å². The molecule has 0 fully saturated rings. The molecule has 2 aromatic carbocycles. The average Bonchev–Trinajstić information content (AvgIpc) is 2.57. The predicted molar refractivity (Wildman–Crippen MR) is 101 cm³/mol. The van der Waals surface area contributed by atoms with Gasteiger partial charge in [-0.05, 0) is 41.1 Å². The van der Waals surface area contributed by atoms with Crippen molar-refractivity contribution >= 4 is 52.1 Å². The minimum Gasteiger partial charge on any atom is -0.478 e. The van der Waals surface area contributed by atoms with E-state index >= 15 is 0 Å². The smallest absolute Gasteiger partial charge is 0.335 e. The van der Waals surface area contributed by atoms with Crippen molar-refractivity contribution in [1.82, 2.24) is 4.98 Å². The van der Waals surface area contributed by atoms with Crippen LogP contribution in [0.1, 0.15) is 10.4 Å². The molecular formula is C19H14F2N2O2S. The Morgan fingerprint density at radius 2 is 1.92 bits per heavy atom. The fraction of sp³-hybridized carbons (Fsp3) is 0.0526. The Morgan fingerprint density at radius 1 is 1.23 bits per heavy atom. The molecule has 0 atom stereocenters. The highest BCUT2D eigenvalue weighted by molar-refractivity contribution is 8.05. The zero-order chi connectivity index (χ0) is 18.8. The minimum absolute atomic E-state index is 0.0914. The van der Waals surface area contributed by atoms with E-state index in [9.17, 15) is 13.6 Å². The Morgan fingerprint density at radius 3 is 2.54 bits per heavy atom. The molecule has 3 aromatic rings. The number of carboxylic acid groups (broad SMARTS) is 1. The number of halogens is 2. The Balaban J connectivity index is 2.24. The van der Waals surface area contributed by atoms with Crippen LogP contribution in [0.25, 0.3) is 22.9 Å². The van der Waals surface area contributed by atoms with E-state index in [4.69, 9.17) is 5.11 Å². The standard InChI is InChI=1S/C19H14F2N2O2S/c1-10-15-4-3-11(19(24)25)5-17(15)23-18(16(10)9-26-2)22-14-7-12(20)6-13(21)8-14/h3-9H,1H2,2H3,(H,22,23)(H,24,25)/b16-9+. The summed E-state index contributed by atoms with van der Waals surface area (Å²) >= 11 is 1.43. The molecule has 26 heavy (non-hydrogen) atoms. The van der Waals surface area contributed by atoms with E-state index in [0.717, 1.165) is 18.2 Å². The topological polar surface area (TPSA) is 62.2 Å². The quantitative estimate of drug-likeness (QED) is 0.734. The van der Waals surface area contributed by atoms with Gasteiger partial charge in [-0.25, -0.2) is 18.6 Å². The van der Waals surface area contributed by atoms with E-state index in [1.54, 1.807) is 6.07 Å². The van der Waals surface area contributed by atoms with Crippen molar-refractivity contribution in [2.45, 2.75) is 0 Å². The summed E-state index contributed by atoms with van der Waals surface area (Å²) in [5, 5.41) is 15.9. The van der Waals surface area contributed by atoms with Gasteiger partial charge in [0.05, 0.1) is 11.1 Å². The zero-order valence-corrected chi connectivity index (χ0v) is 14.5. The zero-order valence-electron chi connectivity index (χ0n) is 13.7. The van der Waals surface area contributed by atoms with Gasteiger partial charge in [0.15, 0.2) is 0 Å². The SMILES string of the molecule is C=c1/c(=C\SC)c(Nc2cc(F)cc(F)c2)nc2cc(C(=O)O)ccc12. The molecule has 1 heterocycles. The maximum Gasteiger partial charge on any atom is 0.335 e. The van der Waals surface area contributed by atoms with E-state index in [-0.39, 0.29) is 11.3 Å². The summed E-state index contributed by atoms with van der Waals surface area (Å²) in [4.78, 5) is 15.6. The van der Waals surface area contributed by atoms with Gasteiger partial charge in [-0.15, -0.1) is 11.8 Å². The fourth-order valence-corrected chi connectivity index (χ4v) is 3.07. The molecule has 0 amide bonds. The molecule has 0 spiro atoms. The normalized spacial score (nSPS) is 11.7. The number of anilines is 2. The van der Waals surface area contributed by atoms with Crippen LogP contribution in [0.2, 0.25) is 0 Å². The second-order valence-electron chi connectivity index (χ2n) is 5.53. The highest BCUT2D eigenvalue weighted by atomic mass is 32.2. The number of benzene rings is 2. The number of nitrogens with zero attached hydrogens (tertiary/aromatic N) is 1. The number of aromatic carboxylic acids is 1. The molecule has 0 aliphatic heterocycles. The number of carboxylic acids is 1. The van der Waals surface area contributed by atoms with Crippen LogP contribution in [0.15, 0.2) is 36.4 Å². The summed E-state index contributed by atoms with van der Waals surface area (Å²) in [6, 6.07) is 7.64. The number of fused-ring (bicyclic) bond motifs is 1. The third-order valence-electron chi connectivity index (χ3n) is 3.74. The lowest BCUT2D eigenvalue weighted by atomic mass is 10.1. The number of hydrogen-bond donors (Lipinski definition) is 2. The molecule has 0 unspecified atom stereocenters. The van der Waals surface area contributed by atoms with E-state index in [1.165, 1.54) is 23.9 Å². The first-order valence-electron chi connectivity index (χ1n) is 7.51. The summed E-state index contributed by atoms with van der Waals surface area (Å²) in [5.41, 5.74) is 0.708. The Bertz CT molecular complexity index is 1110. The van der Waals surface area contributed by atoms with Crippen molar-refractivity contribution in [1.29, 1.82) is 0 Å². The highest BCUT2D eigenvalue weighted by Crippen LogP contribution is 2.18. The molecule has 0 bridgehead atoms. The summed E-state index contributed by atoms with van der Waals surface area (Å²) in [5.74, 6) is -2.16. The first-order valence-corrected chi connectivity index (χ1v) is 8.80. The molecule has 0 aliphatic rings. The third-order valence-corrected chi connectivity index (χ3v) is 4.21. The lowest BCUT2D eigenvalue weighted by Crippen LogP contribution is -2.28. The van der Waals surface area contributed by atoms with Crippen LogP contribution in [0.3, 0.4) is 0 Å². The maximum atomic E-state index is 13.5. The summed E-state index contributed by atoms with van der Waals surface area (Å²) in [7, 11) is 0. The second kappa shape index (κ2) is 7.13. The Hall–Kier alpha value is -2.93. The monoisotopic (exact) mass is 372 g/mol. The molecule has 2 N–H and O–H groups in total. The number of thioether (sulfide) groups is 1. The van der Waals surface area contributed by atoms with Crippen LogP contribution < -0.4 is 15.8 Å². The number of rotatable bonds is 4. The number of nitrogens with one attached hydrogen (secondary N) is 1. The van der Waals surface area contributed by atoms with Gasteiger partial charge in [-0.2, -0.15) is 0 Å². The Kier molecular flexibility index (Phi) is 4.90. The molecule has 1 aromatic heterocycles. The molecule has 0 saturated carbocycles. The molecular weight excluding hydrogens is 358 g/mol. The van der Waals surface area contributed by atoms with Crippen molar-refractivity contribution in [2.24, 2.45) is 0 Å². The van der Waals surface area contributed by atoms with Crippen LogP contribution in [0, 0.1) is 11.6 Å². The molecule has 132 valence electrons. The lowest BCUT2D eigenvalue weighted by molar-refractivity contribution is 0.0697. The van der Waals surface area contributed by atoms with Gasteiger partial charge in [-0.1, -0.05) is 12.6 Å². The van der Waals surface area contributed by atoms with Crippen LogP contribution >= 0.6 is 11.8 Å². The minimum atomic E-state index is -1.07. The van der Waals surface area contributed by atoms with Gasteiger partial charge in [-0.3, -0.25) is 0 Å². The number of aromatic nitrogens is 1. The lowest BCUT2D eigenvalue weighted by Gasteiger charge is -2.10. The van der Waals surface area contributed by atoms with Crippen molar-refractivity contribution < 1.29 is 18.7 Å². The first kappa shape index (κ1) is 17.9. The maximum absolute atomic E-state index is 13.5. The second-order valence-corrected chi connectivity index (χ2v) is 6.23. The van der Waals surface area contributed by atoms with Gasteiger partial charge in [0, 0.05) is 22.4 Å². The summed E-state index contributed by atoms with van der Waals surface area (Å²) < 4.78 is 26.9. The molecule has 0 radical (unpaired) electrons.